The third-order valence-electron chi connectivity index (χ3n) is 2.61. The van der Waals surface area contributed by atoms with Crippen LogP contribution in [0.1, 0.15) is 6.92 Å². The van der Waals surface area contributed by atoms with Gasteiger partial charge in [-0.3, -0.25) is 10.1 Å². The second kappa shape index (κ2) is 7.41. The highest BCUT2D eigenvalue weighted by Gasteiger charge is 2.20. The highest BCUT2D eigenvalue weighted by Crippen LogP contribution is 2.26. The molecule has 2 N–H and O–H groups in total. The molecule has 0 aliphatic heterocycles. The average molecular weight is 385 g/mol. The molecule has 3 amide bonds. The van der Waals surface area contributed by atoms with Gasteiger partial charge in [-0.15, -0.1) is 10.2 Å². The molecule has 22 heavy (non-hydrogen) atoms. The van der Waals surface area contributed by atoms with Gasteiger partial charge in [0.2, 0.25) is 11.8 Å². The van der Waals surface area contributed by atoms with E-state index >= 15 is 0 Å². The summed E-state index contributed by atoms with van der Waals surface area (Å²) in [4.78, 5) is 22.8. The lowest BCUT2D eigenvalue weighted by atomic mass is 10.2. The second-order valence-electron chi connectivity index (χ2n) is 4.21. The van der Waals surface area contributed by atoms with Crippen LogP contribution in [0.2, 0.25) is 0 Å². The topological polar surface area (TPSA) is 97.1 Å². The van der Waals surface area contributed by atoms with E-state index in [0.717, 1.165) is 21.8 Å². The van der Waals surface area contributed by atoms with Crippen molar-refractivity contribution in [1.29, 1.82) is 0 Å². The summed E-state index contributed by atoms with van der Waals surface area (Å²) in [7, 11) is 1.43. The van der Waals surface area contributed by atoms with Crippen molar-refractivity contribution in [3.8, 4) is 11.5 Å². The Labute approximate surface area is 139 Å². The van der Waals surface area contributed by atoms with Gasteiger partial charge in [0.15, 0.2) is 0 Å². The van der Waals surface area contributed by atoms with Gasteiger partial charge in [-0.25, -0.2) is 4.79 Å². The number of carbonyl (C=O) groups excluding carboxylic acids is 2. The Balaban J connectivity index is 2.01. The molecule has 0 radical (unpaired) electrons. The van der Waals surface area contributed by atoms with Crippen molar-refractivity contribution in [2.45, 2.75) is 17.4 Å². The molecule has 2 rings (SSSR count). The number of amides is 3. The molecule has 0 fully saturated rings. The number of aromatic nitrogens is 2. The number of imide groups is 1. The lowest BCUT2D eigenvalue weighted by molar-refractivity contribution is -0.119. The number of thioether (sulfide) groups is 1. The minimum atomic E-state index is -0.557. The molecular weight excluding hydrogens is 372 g/mol. The zero-order chi connectivity index (χ0) is 16.1. The van der Waals surface area contributed by atoms with E-state index < -0.39 is 17.2 Å². The first kappa shape index (κ1) is 16.5. The van der Waals surface area contributed by atoms with Gasteiger partial charge in [0.05, 0.1) is 5.25 Å². The highest BCUT2D eigenvalue weighted by molar-refractivity contribution is 9.10. The van der Waals surface area contributed by atoms with Gasteiger partial charge >= 0.3 is 6.03 Å². The number of hydrogen-bond acceptors (Lipinski definition) is 6. The summed E-state index contributed by atoms with van der Waals surface area (Å²) < 4.78 is 6.46. The summed E-state index contributed by atoms with van der Waals surface area (Å²) in [6, 6.07) is 6.86. The summed E-state index contributed by atoms with van der Waals surface area (Å²) >= 11 is 4.43. The molecule has 0 spiro atoms. The number of urea groups is 1. The molecule has 9 heteroatoms. The van der Waals surface area contributed by atoms with Crippen LogP contribution in [-0.4, -0.2) is 34.4 Å². The maximum Gasteiger partial charge on any atom is 0.321 e. The quantitative estimate of drug-likeness (QED) is 0.785. The van der Waals surface area contributed by atoms with Gasteiger partial charge in [0.1, 0.15) is 0 Å². The van der Waals surface area contributed by atoms with Crippen LogP contribution in [0.3, 0.4) is 0 Å². The van der Waals surface area contributed by atoms with Crippen LogP contribution in [0.15, 0.2) is 38.4 Å². The van der Waals surface area contributed by atoms with Gasteiger partial charge in [0.25, 0.3) is 5.22 Å². The van der Waals surface area contributed by atoms with E-state index in [2.05, 4.69) is 36.8 Å². The molecule has 1 aromatic carbocycles. The number of rotatable bonds is 4. The molecule has 7 nitrogen and oxygen atoms in total. The smallest absolute Gasteiger partial charge is 0.321 e. The zero-order valence-electron chi connectivity index (χ0n) is 11.8. The molecule has 0 aliphatic rings. The number of halogens is 1. The van der Waals surface area contributed by atoms with Crippen LogP contribution >= 0.6 is 27.7 Å². The first-order valence-corrected chi connectivity index (χ1v) is 7.95. The normalized spacial score (nSPS) is 11.8. The van der Waals surface area contributed by atoms with E-state index in [-0.39, 0.29) is 5.22 Å². The van der Waals surface area contributed by atoms with E-state index in [1.807, 2.05) is 24.3 Å². The Hall–Kier alpha value is -1.87. The first-order chi connectivity index (χ1) is 10.5. The maximum atomic E-state index is 11.7. The van der Waals surface area contributed by atoms with Gasteiger partial charge in [0, 0.05) is 17.1 Å². The van der Waals surface area contributed by atoms with Gasteiger partial charge < -0.3 is 9.73 Å². The van der Waals surface area contributed by atoms with Crippen molar-refractivity contribution >= 4 is 39.6 Å². The predicted octanol–water partition coefficient (Wildman–Crippen LogP) is 2.44. The van der Waals surface area contributed by atoms with Crippen molar-refractivity contribution in [3.63, 3.8) is 0 Å². The van der Waals surface area contributed by atoms with Crippen LogP contribution < -0.4 is 10.6 Å². The zero-order valence-corrected chi connectivity index (χ0v) is 14.2. The summed E-state index contributed by atoms with van der Waals surface area (Å²) in [6.07, 6.45) is 0. The number of nitrogens with zero attached hydrogens (tertiary/aromatic N) is 2. The van der Waals surface area contributed by atoms with E-state index in [4.69, 9.17) is 4.42 Å². The van der Waals surface area contributed by atoms with E-state index in [1.165, 1.54) is 7.05 Å². The average Bonchev–Trinajstić information content (AvgIpc) is 2.96. The Bertz CT molecular complexity index is 674. The molecule has 0 bridgehead atoms. The Morgan fingerprint density at radius 1 is 1.27 bits per heavy atom. The number of carbonyl (C=O) groups is 2. The van der Waals surface area contributed by atoms with Crippen LogP contribution in [0.4, 0.5) is 4.79 Å². The van der Waals surface area contributed by atoms with Crippen LogP contribution in [0, 0.1) is 0 Å². The number of nitrogens with one attached hydrogen (secondary N) is 2. The lowest BCUT2D eigenvalue weighted by Gasteiger charge is -2.07. The number of benzene rings is 1. The Kier molecular flexibility index (Phi) is 5.56. The summed E-state index contributed by atoms with van der Waals surface area (Å²) in [5, 5.41) is 12.0. The predicted molar refractivity (Wildman–Crippen MR) is 85.4 cm³/mol. The van der Waals surface area contributed by atoms with Gasteiger partial charge in [-0.05, 0) is 31.2 Å². The minimum absolute atomic E-state index is 0.262. The molecule has 0 saturated carbocycles. The van der Waals surface area contributed by atoms with Crippen molar-refractivity contribution in [2.24, 2.45) is 0 Å². The van der Waals surface area contributed by atoms with Crippen LogP contribution in [-0.2, 0) is 4.79 Å². The fraction of sp³-hybridized carbons (Fsp3) is 0.231. The maximum absolute atomic E-state index is 11.7. The molecule has 2 aromatic rings. The fourth-order valence-electron chi connectivity index (χ4n) is 1.45. The fourth-order valence-corrected chi connectivity index (χ4v) is 2.40. The van der Waals surface area contributed by atoms with Crippen LogP contribution in [0.5, 0.6) is 0 Å². The van der Waals surface area contributed by atoms with E-state index in [9.17, 15) is 9.59 Å². The van der Waals surface area contributed by atoms with E-state index in [0.29, 0.717) is 5.89 Å². The molecule has 0 aliphatic carbocycles. The SMILES string of the molecule is CNC(=O)NC(=O)[C@H](C)Sc1nnc(-c2ccc(Br)cc2)o1. The summed E-state index contributed by atoms with van der Waals surface area (Å²) in [5.41, 5.74) is 0.782. The minimum Gasteiger partial charge on any atom is -0.411 e. The van der Waals surface area contributed by atoms with Crippen molar-refractivity contribution in [2.75, 3.05) is 7.05 Å². The molecule has 1 atom stereocenters. The lowest BCUT2D eigenvalue weighted by Crippen LogP contribution is -2.41. The molecule has 0 unspecified atom stereocenters. The van der Waals surface area contributed by atoms with Crippen molar-refractivity contribution in [3.05, 3.63) is 28.7 Å². The number of hydrogen-bond donors (Lipinski definition) is 2. The third-order valence-corrected chi connectivity index (χ3v) is 4.07. The highest BCUT2D eigenvalue weighted by atomic mass is 79.9. The van der Waals surface area contributed by atoms with Gasteiger partial charge in [-0.1, -0.05) is 27.7 Å². The third kappa shape index (κ3) is 4.31. The molecule has 0 saturated heterocycles. The molecule has 116 valence electrons. The van der Waals surface area contributed by atoms with Crippen LogP contribution in [0.25, 0.3) is 11.5 Å². The van der Waals surface area contributed by atoms with E-state index in [1.54, 1.807) is 6.92 Å². The Morgan fingerprint density at radius 3 is 2.59 bits per heavy atom. The summed E-state index contributed by atoms with van der Waals surface area (Å²) in [5.74, 6) is -0.0679. The first-order valence-electron chi connectivity index (χ1n) is 6.28. The summed E-state index contributed by atoms with van der Waals surface area (Å²) in [6.45, 7) is 1.65. The van der Waals surface area contributed by atoms with Crippen molar-refractivity contribution in [1.82, 2.24) is 20.8 Å². The second-order valence-corrected chi connectivity index (χ2v) is 6.42. The standard InChI is InChI=1S/C13H13BrN4O3S/c1-7(10(19)16-12(20)15-2)22-13-18-17-11(21-13)8-3-5-9(14)6-4-8/h3-7H,1-2H3,(H2,15,16,19,20)/t7-/m0/s1. The van der Waals surface area contributed by atoms with Gasteiger partial charge in [-0.2, -0.15) is 0 Å². The molecule has 1 heterocycles. The molecular formula is C13H13BrN4O3S. The molecule has 1 aromatic heterocycles. The monoisotopic (exact) mass is 384 g/mol. The largest absolute Gasteiger partial charge is 0.411 e. The van der Waals surface area contributed by atoms with Crippen molar-refractivity contribution < 1.29 is 14.0 Å². The Morgan fingerprint density at radius 2 is 1.95 bits per heavy atom.